The average Bonchev–Trinajstić information content (AvgIpc) is 3.01. The number of anilines is 2. The van der Waals surface area contributed by atoms with E-state index >= 15 is 0 Å². The first kappa shape index (κ1) is 31.1. The molecular weight excluding hydrogens is 566 g/mol. The number of unbranched alkanes of at least 4 members (excludes halogenated alkanes) is 1. The Bertz CT molecular complexity index is 1560. The average molecular weight is 605 g/mol. The van der Waals surface area contributed by atoms with Crippen LogP contribution in [0.3, 0.4) is 0 Å². The zero-order chi connectivity index (χ0) is 30.9. The molecule has 3 heterocycles. The summed E-state index contributed by atoms with van der Waals surface area (Å²) >= 11 is 0. The lowest BCUT2D eigenvalue weighted by atomic mass is 10.1. The Morgan fingerprint density at radius 3 is 2.66 bits per heavy atom. The van der Waals surface area contributed by atoms with Crippen LogP contribution in [0.4, 0.5) is 20.4 Å². The van der Waals surface area contributed by atoms with Crippen molar-refractivity contribution in [2.24, 2.45) is 0 Å². The highest BCUT2D eigenvalue weighted by molar-refractivity contribution is 5.91. The molecular formula is C33H38F2N6O3. The molecule has 4 aromatic rings. The number of rotatable bonds is 15. The number of halogens is 2. The molecule has 2 aromatic heterocycles. The van der Waals surface area contributed by atoms with Crippen LogP contribution in [0.15, 0.2) is 54.6 Å². The van der Waals surface area contributed by atoms with E-state index < -0.39 is 17.8 Å². The lowest BCUT2D eigenvalue weighted by Gasteiger charge is -2.25. The van der Waals surface area contributed by atoms with Gasteiger partial charge in [0.05, 0.1) is 5.52 Å². The van der Waals surface area contributed by atoms with E-state index in [1.807, 2.05) is 0 Å². The van der Waals surface area contributed by atoms with Crippen molar-refractivity contribution < 1.29 is 23.4 Å². The van der Waals surface area contributed by atoms with Crippen LogP contribution in [0, 0.1) is 18.6 Å². The second-order valence-corrected chi connectivity index (χ2v) is 11.0. The molecule has 2 aromatic carbocycles. The normalized spacial score (nSPS) is 13.4. The first-order valence-electron chi connectivity index (χ1n) is 15.1. The zero-order valence-corrected chi connectivity index (χ0v) is 24.9. The summed E-state index contributed by atoms with van der Waals surface area (Å²) in [6, 6.07) is 13.4. The van der Waals surface area contributed by atoms with Gasteiger partial charge in [-0.25, -0.2) is 28.5 Å². The first-order chi connectivity index (χ1) is 21.3. The van der Waals surface area contributed by atoms with Crippen LogP contribution < -0.4 is 15.4 Å². The van der Waals surface area contributed by atoms with E-state index in [1.54, 1.807) is 25.1 Å². The lowest BCUT2D eigenvalue weighted by Crippen LogP contribution is -2.37. The zero-order valence-electron chi connectivity index (χ0n) is 24.9. The number of carbonyl (C=O) groups is 1. The minimum Gasteiger partial charge on any atom is -0.492 e. The van der Waals surface area contributed by atoms with Gasteiger partial charge in [0.25, 0.3) is 0 Å². The smallest absolute Gasteiger partial charge is 0.326 e. The molecule has 232 valence electrons. The van der Waals surface area contributed by atoms with Crippen LogP contribution in [-0.4, -0.2) is 69.8 Å². The summed E-state index contributed by atoms with van der Waals surface area (Å²) in [5.41, 5.74) is 2.74. The number of carboxylic acids is 1. The van der Waals surface area contributed by atoms with Gasteiger partial charge in [-0.3, -0.25) is 4.90 Å². The highest BCUT2D eigenvalue weighted by Crippen LogP contribution is 2.23. The molecule has 0 bridgehead atoms. The Balaban J connectivity index is 1.20. The summed E-state index contributed by atoms with van der Waals surface area (Å²) in [5, 5.41) is 17.1. The van der Waals surface area contributed by atoms with E-state index in [-0.39, 0.29) is 5.82 Å². The van der Waals surface area contributed by atoms with E-state index in [1.165, 1.54) is 29.8 Å². The Hall–Kier alpha value is -4.38. The lowest BCUT2D eigenvalue weighted by molar-refractivity contribution is -0.138. The van der Waals surface area contributed by atoms with Crippen LogP contribution in [0.25, 0.3) is 10.9 Å². The Kier molecular flexibility index (Phi) is 10.5. The number of fused-ring (bicyclic) bond motifs is 2. The number of aliphatic carboxylic acids is 1. The fourth-order valence-electron chi connectivity index (χ4n) is 5.37. The second-order valence-electron chi connectivity index (χ2n) is 11.0. The molecule has 5 rings (SSSR count). The van der Waals surface area contributed by atoms with Gasteiger partial charge in [-0.2, -0.15) is 0 Å². The Labute approximate surface area is 255 Å². The third-order valence-corrected chi connectivity index (χ3v) is 7.71. The number of aromatic nitrogens is 3. The third-order valence-electron chi connectivity index (χ3n) is 7.71. The van der Waals surface area contributed by atoms with Crippen LogP contribution >= 0.6 is 0 Å². The van der Waals surface area contributed by atoms with Gasteiger partial charge in [-0.1, -0.05) is 6.07 Å². The van der Waals surface area contributed by atoms with Crippen molar-refractivity contribution in [2.75, 3.05) is 43.4 Å². The highest BCUT2D eigenvalue weighted by Gasteiger charge is 2.21. The monoisotopic (exact) mass is 604 g/mol. The number of nitrogens with one attached hydrogen (secondary N) is 2. The van der Waals surface area contributed by atoms with Gasteiger partial charge in [0.15, 0.2) is 0 Å². The van der Waals surface area contributed by atoms with Crippen molar-refractivity contribution in [1.29, 1.82) is 0 Å². The number of hydrogen-bond donors (Lipinski definition) is 3. The van der Waals surface area contributed by atoms with Gasteiger partial charge in [0.1, 0.15) is 47.5 Å². The van der Waals surface area contributed by atoms with Crippen molar-refractivity contribution in [3.8, 4) is 5.75 Å². The van der Waals surface area contributed by atoms with Gasteiger partial charge in [0.2, 0.25) is 0 Å². The van der Waals surface area contributed by atoms with Crippen molar-refractivity contribution in [2.45, 2.75) is 51.5 Å². The molecule has 11 heteroatoms. The van der Waals surface area contributed by atoms with Gasteiger partial charge in [0, 0.05) is 36.8 Å². The number of hydrogen-bond acceptors (Lipinski definition) is 8. The Morgan fingerprint density at radius 2 is 1.84 bits per heavy atom. The maximum absolute atomic E-state index is 13.8. The highest BCUT2D eigenvalue weighted by atomic mass is 19.1. The maximum Gasteiger partial charge on any atom is 0.326 e. The molecule has 3 N–H and O–H groups in total. The van der Waals surface area contributed by atoms with Crippen LogP contribution in [-0.2, 0) is 17.6 Å². The maximum atomic E-state index is 13.8. The second kappa shape index (κ2) is 14.9. The molecule has 1 unspecified atom stereocenters. The first-order valence-corrected chi connectivity index (χ1v) is 15.1. The van der Waals surface area contributed by atoms with Crippen molar-refractivity contribution >= 4 is 28.5 Å². The topological polar surface area (TPSA) is 112 Å². The summed E-state index contributed by atoms with van der Waals surface area (Å²) in [6.07, 6.45) is 5.18. The number of benzene rings is 2. The largest absolute Gasteiger partial charge is 0.492 e. The molecule has 0 radical (unpaired) electrons. The SMILES string of the molecule is Cc1nc(NC(CCN(CCCCc2ccc3c(n2)NCCC3)CCOc2ccc(F)cc2)C(=O)O)c2ccc(F)cc2n1. The molecule has 1 atom stereocenters. The molecule has 0 fully saturated rings. The van der Waals surface area contributed by atoms with Crippen molar-refractivity contribution in [3.05, 3.63) is 83.3 Å². The van der Waals surface area contributed by atoms with E-state index in [0.717, 1.165) is 56.7 Å². The van der Waals surface area contributed by atoms with E-state index in [2.05, 4.69) is 37.6 Å². The van der Waals surface area contributed by atoms with Crippen molar-refractivity contribution in [3.63, 3.8) is 0 Å². The van der Waals surface area contributed by atoms with E-state index in [0.29, 0.717) is 54.4 Å². The van der Waals surface area contributed by atoms with Gasteiger partial charge < -0.3 is 20.5 Å². The molecule has 9 nitrogen and oxygen atoms in total. The predicted octanol–water partition coefficient (Wildman–Crippen LogP) is 5.63. The minimum atomic E-state index is -1.01. The number of carboxylic acid groups (broad SMARTS) is 1. The third kappa shape index (κ3) is 8.59. The quantitative estimate of drug-likeness (QED) is 0.149. The summed E-state index contributed by atoms with van der Waals surface area (Å²) in [6.45, 7) is 4.82. The van der Waals surface area contributed by atoms with E-state index in [9.17, 15) is 18.7 Å². The molecule has 0 amide bonds. The van der Waals surface area contributed by atoms with Gasteiger partial charge in [-0.15, -0.1) is 0 Å². The number of pyridine rings is 1. The van der Waals surface area contributed by atoms with Crippen LogP contribution in [0.2, 0.25) is 0 Å². The number of aryl methyl sites for hydroxylation is 3. The molecule has 0 saturated carbocycles. The fraction of sp³-hybridized carbons (Fsp3) is 0.394. The van der Waals surface area contributed by atoms with Crippen molar-refractivity contribution in [1.82, 2.24) is 19.9 Å². The minimum absolute atomic E-state index is 0.301. The molecule has 0 spiro atoms. The molecule has 0 saturated heterocycles. The number of ether oxygens (including phenoxy) is 1. The van der Waals surface area contributed by atoms with Crippen LogP contribution in [0.1, 0.15) is 42.8 Å². The summed E-state index contributed by atoms with van der Waals surface area (Å²) in [7, 11) is 0. The van der Waals surface area contributed by atoms with Gasteiger partial charge >= 0.3 is 5.97 Å². The van der Waals surface area contributed by atoms with Gasteiger partial charge in [-0.05, 0) is 100 Å². The standard InChI is InChI=1S/C33H38F2N6O3/c1-22-37-30-21-25(35)10-14-28(30)32(38-22)40-29(33(42)43)15-18-41(19-20-44-27-12-8-24(34)9-13-27)17-3-2-6-26-11-7-23-5-4-16-36-31(23)39-26/h7-14,21,29H,2-6,15-20H2,1H3,(H,36,39)(H,42,43)(H,37,38,40). The van der Waals surface area contributed by atoms with E-state index in [4.69, 9.17) is 9.72 Å². The number of nitrogens with zero attached hydrogens (tertiary/aromatic N) is 4. The Morgan fingerprint density at radius 1 is 1.02 bits per heavy atom. The summed E-state index contributed by atoms with van der Waals surface area (Å²) in [5.74, 6) is 0.590. The molecule has 0 aliphatic carbocycles. The molecule has 1 aliphatic rings. The van der Waals surface area contributed by atoms with Crippen LogP contribution in [0.5, 0.6) is 5.75 Å². The fourth-order valence-corrected chi connectivity index (χ4v) is 5.37. The molecule has 1 aliphatic heterocycles. The summed E-state index contributed by atoms with van der Waals surface area (Å²) < 4.78 is 32.9. The summed E-state index contributed by atoms with van der Waals surface area (Å²) in [4.78, 5) is 28.0. The predicted molar refractivity (Wildman–Crippen MR) is 166 cm³/mol. The molecule has 44 heavy (non-hydrogen) atoms.